The van der Waals surface area contributed by atoms with E-state index in [2.05, 4.69) is 26.0 Å². The summed E-state index contributed by atoms with van der Waals surface area (Å²) in [6.45, 7) is 8.15. The molecule has 1 aliphatic rings. The number of hydrogen-bond acceptors (Lipinski definition) is 1. The first kappa shape index (κ1) is 8.12. The standard InChI is InChI=1S/C10H14O/c1-7(2)10-5-8(3)11-9(4)6-10/h5-6H,1-4H3. The van der Waals surface area contributed by atoms with E-state index in [1.165, 1.54) is 11.1 Å². The first-order valence-electron chi connectivity index (χ1n) is 3.81. The smallest absolute Gasteiger partial charge is 0.101 e. The van der Waals surface area contributed by atoms with E-state index in [-0.39, 0.29) is 0 Å². The average molecular weight is 150 g/mol. The predicted octanol–water partition coefficient (Wildman–Crippen LogP) is 3.16. The van der Waals surface area contributed by atoms with Gasteiger partial charge in [0, 0.05) is 0 Å². The van der Waals surface area contributed by atoms with Crippen LogP contribution < -0.4 is 0 Å². The van der Waals surface area contributed by atoms with Gasteiger partial charge in [-0.25, -0.2) is 0 Å². The zero-order valence-corrected chi connectivity index (χ0v) is 7.56. The molecule has 0 aromatic rings. The third kappa shape index (κ3) is 1.97. The molecule has 0 aliphatic carbocycles. The lowest BCUT2D eigenvalue weighted by molar-refractivity contribution is 0.304. The van der Waals surface area contributed by atoms with Crippen LogP contribution in [0.5, 0.6) is 0 Å². The molecule has 0 aromatic carbocycles. The van der Waals surface area contributed by atoms with Gasteiger partial charge in [-0.3, -0.25) is 0 Å². The zero-order chi connectivity index (χ0) is 8.43. The average Bonchev–Trinajstić information content (AvgIpc) is 1.85. The van der Waals surface area contributed by atoms with Gasteiger partial charge in [-0.05, 0) is 45.4 Å². The second kappa shape index (κ2) is 2.95. The zero-order valence-electron chi connectivity index (χ0n) is 7.56. The van der Waals surface area contributed by atoms with Crippen LogP contribution in [0.25, 0.3) is 0 Å². The fourth-order valence-electron chi connectivity index (χ4n) is 1.08. The normalized spacial score (nSPS) is 16.9. The number of allylic oxidation sites excluding steroid dienone is 6. The molecule has 0 bridgehead atoms. The number of ether oxygens (including phenoxy) is 1. The van der Waals surface area contributed by atoms with Gasteiger partial charge in [0.15, 0.2) is 0 Å². The van der Waals surface area contributed by atoms with Crippen molar-refractivity contribution in [2.75, 3.05) is 0 Å². The van der Waals surface area contributed by atoms with Crippen molar-refractivity contribution in [2.24, 2.45) is 0 Å². The molecule has 1 aliphatic heterocycles. The van der Waals surface area contributed by atoms with Crippen LogP contribution in [0.1, 0.15) is 27.7 Å². The van der Waals surface area contributed by atoms with Crippen molar-refractivity contribution in [1.29, 1.82) is 0 Å². The fraction of sp³-hybridized carbons (Fsp3) is 0.400. The van der Waals surface area contributed by atoms with Crippen molar-refractivity contribution in [2.45, 2.75) is 27.7 Å². The Labute approximate surface area is 68.1 Å². The Balaban J connectivity index is 3.00. The number of rotatable bonds is 0. The van der Waals surface area contributed by atoms with Crippen molar-refractivity contribution in [1.82, 2.24) is 0 Å². The Morgan fingerprint density at radius 1 is 1.09 bits per heavy atom. The minimum Gasteiger partial charge on any atom is -0.467 e. The van der Waals surface area contributed by atoms with Crippen LogP contribution in [0.4, 0.5) is 0 Å². The van der Waals surface area contributed by atoms with Crippen LogP contribution in [0.2, 0.25) is 0 Å². The summed E-state index contributed by atoms with van der Waals surface area (Å²) in [6.07, 6.45) is 4.12. The lowest BCUT2D eigenvalue weighted by Crippen LogP contribution is -1.94. The maximum absolute atomic E-state index is 5.35. The molecule has 1 heterocycles. The van der Waals surface area contributed by atoms with E-state index in [9.17, 15) is 0 Å². The Hall–Kier alpha value is -0.980. The summed E-state index contributed by atoms with van der Waals surface area (Å²) in [7, 11) is 0. The molecule has 1 rings (SSSR count). The van der Waals surface area contributed by atoms with Gasteiger partial charge in [-0.2, -0.15) is 0 Å². The van der Waals surface area contributed by atoms with Gasteiger partial charge >= 0.3 is 0 Å². The summed E-state index contributed by atoms with van der Waals surface area (Å²) < 4.78 is 5.35. The highest BCUT2D eigenvalue weighted by atomic mass is 16.5. The van der Waals surface area contributed by atoms with Crippen LogP contribution in [-0.4, -0.2) is 0 Å². The summed E-state index contributed by atoms with van der Waals surface area (Å²) in [6, 6.07) is 0. The minimum absolute atomic E-state index is 0.973. The molecule has 0 saturated heterocycles. The molecule has 11 heavy (non-hydrogen) atoms. The molecule has 0 N–H and O–H groups in total. The molecule has 1 nitrogen and oxygen atoms in total. The molecule has 0 fully saturated rings. The molecule has 0 amide bonds. The highest BCUT2D eigenvalue weighted by Gasteiger charge is 2.03. The molecule has 0 unspecified atom stereocenters. The van der Waals surface area contributed by atoms with Gasteiger partial charge in [0.05, 0.1) is 0 Å². The third-order valence-electron chi connectivity index (χ3n) is 1.62. The van der Waals surface area contributed by atoms with Crippen LogP contribution >= 0.6 is 0 Å². The van der Waals surface area contributed by atoms with Crippen LogP contribution in [0.15, 0.2) is 34.8 Å². The second-order valence-corrected chi connectivity index (χ2v) is 3.07. The van der Waals surface area contributed by atoms with E-state index in [1.807, 2.05) is 13.8 Å². The monoisotopic (exact) mass is 150 g/mol. The van der Waals surface area contributed by atoms with E-state index in [4.69, 9.17) is 4.74 Å². The van der Waals surface area contributed by atoms with Crippen molar-refractivity contribution in [3.8, 4) is 0 Å². The Kier molecular flexibility index (Phi) is 2.18. The number of hydrogen-bond donors (Lipinski definition) is 0. The van der Waals surface area contributed by atoms with E-state index in [0.717, 1.165) is 11.5 Å². The predicted molar refractivity (Wildman–Crippen MR) is 47.0 cm³/mol. The van der Waals surface area contributed by atoms with Gasteiger partial charge < -0.3 is 4.74 Å². The first-order valence-corrected chi connectivity index (χ1v) is 3.81. The van der Waals surface area contributed by atoms with E-state index < -0.39 is 0 Å². The van der Waals surface area contributed by atoms with Crippen molar-refractivity contribution >= 4 is 0 Å². The lowest BCUT2D eigenvalue weighted by atomic mass is 10.1. The van der Waals surface area contributed by atoms with E-state index >= 15 is 0 Å². The largest absolute Gasteiger partial charge is 0.467 e. The molecule has 0 radical (unpaired) electrons. The van der Waals surface area contributed by atoms with E-state index in [0.29, 0.717) is 0 Å². The third-order valence-corrected chi connectivity index (χ3v) is 1.62. The molecular weight excluding hydrogens is 136 g/mol. The highest BCUT2D eigenvalue weighted by molar-refractivity contribution is 5.38. The Morgan fingerprint density at radius 3 is 1.91 bits per heavy atom. The molecule has 0 spiro atoms. The second-order valence-electron chi connectivity index (χ2n) is 3.07. The summed E-state index contributed by atoms with van der Waals surface area (Å²) in [5.74, 6) is 1.95. The summed E-state index contributed by atoms with van der Waals surface area (Å²) in [5, 5.41) is 0. The first-order chi connectivity index (χ1) is 5.09. The van der Waals surface area contributed by atoms with Crippen molar-refractivity contribution < 1.29 is 4.74 Å². The molecular formula is C10H14O. The van der Waals surface area contributed by atoms with Gasteiger partial charge in [0.1, 0.15) is 11.5 Å². The fourth-order valence-corrected chi connectivity index (χ4v) is 1.08. The van der Waals surface area contributed by atoms with Gasteiger partial charge in [0.2, 0.25) is 0 Å². The molecule has 60 valence electrons. The Morgan fingerprint density at radius 2 is 1.55 bits per heavy atom. The molecule has 0 saturated carbocycles. The van der Waals surface area contributed by atoms with Crippen molar-refractivity contribution in [3.05, 3.63) is 34.8 Å². The lowest BCUT2D eigenvalue weighted by Gasteiger charge is -2.13. The maximum atomic E-state index is 5.35. The maximum Gasteiger partial charge on any atom is 0.101 e. The topological polar surface area (TPSA) is 9.23 Å². The quantitative estimate of drug-likeness (QED) is 0.515. The van der Waals surface area contributed by atoms with Gasteiger partial charge in [0.25, 0.3) is 0 Å². The SMILES string of the molecule is CC1=CC(=C(C)C)C=C(C)O1. The van der Waals surface area contributed by atoms with Crippen LogP contribution in [-0.2, 0) is 4.74 Å². The molecule has 0 atom stereocenters. The molecule has 0 aromatic heterocycles. The summed E-state index contributed by atoms with van der Waals surface area (Å²) in [5.41, 5.74) is 2.60. The Bertz CT molecular complexity index is 230. The van der Waals surface area contributed by atoms with Gasteiger partial charge in [-0.1, -0.05) is 5.57 Å². The van der Waals surface area contributed by atoms with E-state index in [1.54, 1.807) is 0 Å². The van der Waals surface area contributed by atoms with Crippen molar-refractivity contribution in [3.63, 3.8) is 0 Å². The minimum atomic E-state index is 0.973. The summed E-state index contributed by atoms with van der Waals surface area (Å²) >= 11 is 0. The highest BCUT2D eigenvalue weighted by Crippen LogP contribution is 2.20. The summed E-state index contributed by atoms with van der Waals surface area (Å²) in [4.78, 5) is 0. The van der Waals surface area contributed by atoms with Crippen LogP contribution in [0, 0.1) is 0 Å². The van der Waals surface area contributed by atoms with Gasteiger partial charge in [-0.15, -0.1) is 0 Å². The van der Waals surface area contributed by atoms with Crippen LogP contribution in [0.3, 0.4) is 0 Å². The molecule has 1 heteroatoms.